The summed E-state index contributed by atoms with van der Waals surface area (Å²) in [5.41, 5.74) is 11.0. The number of benzene rings is 8. The standard InChI is InChI=1S/2C20H12/c1-2-8-15-13(5-1)11-12-17-16-9-3-6-14-7-4-10-18(19(14)16)20(15)17;1-2-8-15-13(6-1)12-14-7-5-11-17-16-9-3-4-10-18(16)20(15)19(14)17/h2*1-12H. The van der Waals surface area contributed by atoms with Crippen LogP contribution < -0.4 is 0 Å². The van der Waals surface area contributed by atoms with Crippen molar-refractivity contribution < 1.29 is 0 Å². The Kier molecular flexibility index (Phi) is 4.42. The fraction of sp³-hybridized carbons (Fsp3) is 0. The Balaban J connectivity index is 0.000000115. The van der Waals surface area contributed by atoms with Gasteiger partial charge in [0.1, 0.15) is 0 Å². The molecule has 0 amide bonds. The zero-order valence-electron chi connectivity index (χ0n) is 21.9. The second-order valence-electron chi connectivity index (χ2n) is 10.8. The number of hydrogen-bond donors (Lipinski definition) is 0. The summed E-state index contributed by atoms with van der Waals surface area (Å²) in [6.45, 7) is 0. The molecule has 0 bridgehead atoms. The van der Waals surface area contributed by atoms with Gasteiger partial charge >= 0.3 is 0 Å². The minimum atomic E-state index is 1.32. The lowest BCUT2D eigenvalue weighted by atomic mass is 9.96. The summed E-state index contributed by atoms with van der Waals surface area (Å²) in [4.78, 5) is 0. The lowest BCUT2D eigenvalue weighted by molar-refractivity contribution is 1.70. The molecule has 0 spiro atoms. The smallest absolute Gasteiger partial charge is 0.00143 e. The SMILES string of the molecule is c1ccc2c(c1)-c1cccc3cc4ccccc4c-2c13.c1ccc2c3c(ccc2c1)-c1cccc2cccc-3c12. The van der Waals surface area contributed by atoms with Gasteiger partial charge in [0.25, 0.3) is 0 Å². The highest BCUT2D eigenvalue weighted by Gasteiger charge is 2.23. The highest BCUT2D eigenvalue weighted by Crippen LogP contribution is 2.51. The summed E-state index contributed by atoms with van der Waals surface area (Å²) in [5.74, 6) is 0. The van der Waals surface area contributed by atoms with Crippen LogP contribution in [-0.2, 0) is 0 Å². The second-order valence-corrected chi connectivity index (χ2v) is 10.8. The first kappa shape index (κ1) is 21.7. The summed E-state index contributed by atoms with van der Waals surface area (Å²) in [7, 11) is 0. The van der Waals surface area contributed by atoms with Crippen LogP contribution in [0, 0.1) is 0 Å². The Morgan fingerprint density at radius 3 is 1.60 bits per heavy atom. The van der Waals surface area contributed by atoms with E-state index in [0.29, 0.717) is 0 Å². The van der Waals surface area contributed by atoms with Gasteiger partial charge in [0.05, 0.1) is 0 Å². The van der Waals surface area contributed by atoms with Gasteiger partial charge < -0.3 is 0 Å². The van der Waals surface area contributed by atoms with Crippen molar-refractivity contribution in [3.63, 3.8) is 0 Å². The van der Waals surface area contributed by atoms with Crippen molar-refractivity contribution >= 4 is 43.1 Å². The molecular weight excluding hydrogens is 480 g/mol. The summed E-state index contributed by atoms with van der Waals surface area (Å²) in [6.07, 6.45) is 0. The molecule has 0 heterocycles. The molecule has 8 aromatic carbocycles. The van der Waals surface area contributed by atoms with Crippen LogP contribution in [0.25, 0.3) is 87.6 Å². The summed E-state index contributed by atoms with van der Waals surface area (Å²) < 4.78 is 0. The van der Waals surface area contributed by atoms with E-state index in [9.17, 15) is 0 Å². The minimum Gasteiger partial charge on any atom is -0.0616 e. The second kappa shape index (κ2) is 8.15. The van der Waals surface area contributed by atoms with E-state index in [2.05, 4.69) is 146 Å². The third-order valence-corrected chi connectivity index (χ3v) is 8.77. The van der Waals surface area contributed by atoms with Crippen molar-refractivity contribution in [3.05, 3.63) is 146 Å². The molecule has 2 aliphatic carbocycles. The Bertz CT molecular complexity index is 2310. The molecule has 0 aliphatic heterocycles. The van der Waals surface area contributed by atoms with Crippen LogP contribution in [0.4, 0.5) is 0 Å². The van der Waals surface area contributed by atoms with Gasteiger partial charge in [-0.3, -0.25) is 0 Å². The third-order valence-electron chi connectivity index (χ3n) is 8.77. The van der Waals surface area contributed by atoms with Crippen LogP contribution in [-0.4, -0.2) is 0 Å². The van der Waals surface area contributed by atoms with E-state index in [1.165, 1.54) is 87.6 Å². The molecule has 0 radical (unpaired) electrons. The number of fused-ring (bicyclic) bond motifs is 10. The third kappa shape index (κ3) is 2.91. The summed E-state index contributed by atoms with van der Waals surface area (Å²) >= 11 is 0. The lowest BCUT2D eigenvalue weighted by Gasteiger charge is -2.07. The average molecular weight is 505 g/mol. The fourth-order valence-corrected chi connectivity index (χ4v) is 7.12. The van der Waals surface area contributed by atoms with Crippen LogP contribution in [0.3, 0.4) is 0 Å². The van der Waals surface area contributed by atoms with Crippen molar-refractivity contribution in [1.29, 1.82) is 0 Å². The van der Waals surface area contributed by atoms with E-state index in [-0.39, 0.29) is 0 Å². The molecule has 0 N–H and O–H groups in total. The predicted molar refractivity (Wildman–Crippen MR) is 172 cm³/mol. The Morgan fingerprint density at radius 2 is 0.800 bits per heavy atom. The normalized spacial score (nSPS) is 12.0. The van der Waals surface area contributed by atoms with Crippen LogP contribution in [0.5, 0.6) is 0 Å². The van der Waals surface area contributed by atoms with E-state index in [1.54, 1.807) is 0 Å². The molecule has 10 rings (SSSR count). The Labute approximate surface area is 232 Å². The zero-order chi connectivity index (χ0) is 26.2. The van der Waals surface area contributed by atoms with Crippen LogP contribution in [0.2, 0.25) is 0 Å². The summed E-state index contributed by atoms with van der Waals surface area (Å²) in [5, 5.41) is 10.8. The molecule has 2 aliphatic rings. The van der Waals surface area contributed by atoms with E-state index in [1.807, 2.05) is 0 Å². The van der Waals surface area contributed by atoms with Crippen molar-refractivity contribution in [2.45, 2.75) is 0 Å². The molecule has 184 valence electrons. The molecular formula is C40H24. The molecule has 0 atom stereocenters. The van der Waals surface area contributed by atoms with Gasteiger partial charge in [0.2, 0.25) is 0 Å². The number of rotatable bonds is 0. The largest absolute Gasteiger partial charge is 0.0616 e. The van der Waals surface area contributed by atoms with Crippen LogP contribution in [0.15, 0.2) is 146 Å². The van der Waals surface area contributed by atoms with Gasteiger partial charge in [0.15, 0.2) is 0 Å². The molecule has 8 aromatic rings. The van der Waals surface area contributed by atoms with Gasteiger partial charge in [-0.15, -0.1) is 0 Å². The maximum absolute atomic E-state index is 2.31. The van der Waals surface area contributed by atoms with Crippen molar-refractivity contribution in [3.8, 4) is 44.5 Å². The minimum absolute atomic E-state index is 1.32. The highest BCUT2D eigenvalue weighted by atomic mass is 14.3. The van der Waals surface area contributed by atoms with Crippen LogP contribution >= 0.6 is 0 Å². The quantitative estimate of drug-likeness (QED) is 0.180. The van der Waals surface area contributed by atoms with Crippen molar-refractivity contribution in [1.82, 2.24) is 0 Å². The monoisotopic (exact) mass is 504 g/mol. The van der Waals surface area contributed by atoms with Gasteiger partial charge in [0, 0.05) is 0 Å². The van der Waals surface area contributed by atoms with Crippen molar-refractivity contribution in [2.24, 2.45) is 0 Å². The number of hydrogen-bond acceptors (Lipinski definition) is 0. The zero-order valence-corrected chi connectivity index (χ0v) is 21.9. The van der Waals surface area contributed by atoms with Gasteiger partial charge in [-0.05, 0) is 93.7 Å². The van der Waals surface area contributed by atoms with Gasteiger partial charge in [-0.25, -0.2) is 0 Å². The maximum Gasteiger partial charge on any atom is -0.00143 e. The van der Waals surface area contributed by atoms with Gasteiger partial charge in [-0.1, -0.05) is 140 Å². The molecule has 40 heavy (non-hydrogen) atoms. The molecule has 0 heteroatoms. The fourth-order valence-electron chi connectivity index (χ4n) is 7.12. The highest BCUT2D eigenvalue weighted by molar-refractivity contribution is 6.24. The topological polar surface area (TPSA) is 0 Å². The molecule has 0 unspecified atom stereocenters. The average Bonchev–Trinajstić information content (AvgIpc) is 3.54. The Morgan fingerprint density at radius 1 is 0.250 bits per heavy atom. The molecule has 0 fully saturated rings. The van der Waals surface area contributed by atoms with E-state index in [4.69, 9.17) is 0 Å². The van der Waals surface area contributed by atoms with Crippen LogP contribution in [0.1, 0.15) is 0 Å². The molecule has 0 nitrogen and oxygen atoms in total. The first-order valence-corrected chi connectivity index (χ1v) is 14.0. The molecule has 0 saturated heterocycles. The predicted octanol–water partition coefficient (Wildman–Crippen LogP) is 11.3. The van der Waals surface area contributed by atoms with Gasteiger partial charge in [-0.2, -0.15) is 0 Å². The van der Waals surface area contributed by atoms with E-state index < -0.39 is 0 Å². The first-order chi connectivity index (χ1) is 19.9. The maximum atomic E-state index is 2.31. The van der Waals surface area contributed by atoms with E-state index in [0.717, 1.165) is 0 Å². The molecule has 0 aromatic heterocycles. The molecule has 0 saturated carbocycles. The Hall–Kier alpha value is -5.20. The first-order valence-electron chi connectivity index (χ1n) is 14.0. The van der Waals surface area contributed by atoms with Crippen molar-refractivity contribution in [2.75, 3.05) is 0 Å². The lowest BCUT2D eigenvalue weighted by Crippen LogP contribution is -1.80. The van der Waals surface area contributed by atoms with E-state index >= 15 is 0 Å². The summed E-state index contributed by atoms with van der Waals surface area (Å²) in [6, 6.07) is 52.8.